The number of rotatable bonds is 6. The van der Waals surface area contributed by atoms with E-state index in [1.54, 1.807) is 12.1 Å². The van der Waals surface area contributed by atoms with Crippen LogP contribution in [0, 0.1) is 5.82 Å². The molecule has 0 aliphatic carbocycles. The van der Waals surface area contributed by atoms with Crippen molar-refractivity contribution >= 4 is 28.6 Å². The second kappa shape index (κ2) is 10.8. The van der Waals surface area contributed by atoms with Crippen LogP contribution in [0.4, 0.5) is 4.39 Å². The minimum Gasteiger partial charge on any atom is -0.473 e. The molecular formula is C27H29FN2O5. The van der Waals surface area contributed by atoms with Crippen molar-refractivity contribution in [2.45, 2.75) is 57.0 Å². The van der Waals surface area contributed by atoms with Crippen LogP contribution in [0.2, 0.25) is 0 Å². The molecule has 2 bridgehead atoms. The van der Waals surface area contributed by atoms with Gasteiger partial charge in [-0.15, -0.1) is 0 Å². The lowest BCUT2D eigenvalue weighted by atomic mass is 9.82. The Kier molecular flexibility index (Phi) is 7.60. The molecule has 7 nitrogen and oxygen atoms in total. The Bertz CT molecular complexity index is 1210. The number of carboxylic acids is 2. The zero-order valence-electron chi connectivity index (χ0n) is 19.4. The van der Waals surface area contributed by atoms with Crippen molar-refractivity contribution in [3.05, 3.63) is 71.2 Å². The smallest absolute Gasteiger partial charge is 0.414 e. The first-order valence-corrected chi connectivity index (χ1v) is 12.0. The lowest BCUT2D eigenvalue weighted by Gasteiger charge is -2.46. The SMILES string of the molecule is O=C(CCCCN1C2CCCC1c1c([nH]c3ccccc13)C2)c1ccc(F)cc1.O=C(O)C(=O)O. The number of nitrogens with one attached hydrogen (secondary N) is 1. The van der Waals surface area contributed by atoms with Gasteiger partial charge in [-0.25, -0.2) is 14.0 Å². The second-order valence-corrected chi connectivity index (χ2v) is 9.10. The van der Waals surface area contributed by atoms with E-state index in [2.05, 4.69) is 34.1 Å². The van der Waals surface area contributed by atoms with Crippen LogP contribution in [0.25, 0.3) is 10.9 Å². The van der Waals surface area contributed by atoms with Crippen LogP contribution in [-0.2, 0) is 16.0 Å². The van der Waals surface area contributed by atoms with Gasteiger partial charge in [0.1, 0.15) is 5.82 Å². The van der Waals surface area contributed by atoms with E-state index in [1.165, 1.54) is 53.6 Å². The number of aliphatic carboxylic acids is 2. The van der Waals surface area contributed by atoms with Gasteiger partial charge in [0.2, 0.25) is 0 Å². The summed E-state index contributed by atoms with van der Waals surface area (Å²) in [6.45, 7) is 1.05. The largest absolute Gasteiger partial charge is 0.473 e. The number of nitrogens with zero attached hydrogens (tertiary/aromatic N) is 1. The Morgan fingerprint density at radius 2 is 1.69 bits per heavy atom. The monoisotopic (exact) mass is 480 g/mol. The maximum absolute atomic E-state index is 13.0. The van der Waals surface area contributed by atoms with Crippen LogP contribution in [0.1, 0.15) is 66.2 Å². The minimum atomic E-state index is -1.82. The van der Waals surface area contributed by atoms with E-state index in [0.717, 1.165) is 25.8 Å². The lowest BCUT2D eigenvalue weighted by Crippen LogP contribution is -2.46. The van der Waals surface area contributed by atoms with Crippen molar-refractivity contribution in [3.8, 4) is 0 Å². The molecule has 3 heterocycles. The predicted octanol–water partition coefficient (Wildman–Crippen LogP) is 4.97. The van der Waals surface area contributed by atoms with Crippen LogP contribution in [0.3, 0.4) is 0 Å². The number of aromatic amines is 1. The summed E-state index contributed by atoms with van der Waals surface area (Å²) in [4.78, 5) is 36.9. The van der Waals surface area contributed by atoms with E-state index < -0.39 is 11.9 Å². The highest BCUT2D eigenvalue weighted by atomic mass is 19.1. The van der Waals surface area contributed by atoms with Crippen molar-refractivity contribution in [2.24, 2.45) is 0 Å². The van der Waals surface area contributed by atoms with Gasteiger partial charge in [0.15, 0.2) is 5.78 Å². The van der Waals surface area contributed by atoms with Crippen LogP contribution in [-0.4, -0.2) is 50.4 Å². The number of para-hydroxylation sites is 1. The molecule has 0 radical (unpaired) electrons. The number of ketones is 1. The summed E-state index contributed by atoms with van der Waals surface area (Å²) < 4.78 is 13.0. The number of unbranched alkanes of at least 4 members (excludes halogenated alkanes) is 1. The van der Waals surface area contributed by atoms with Gasteiger partial charge in [0.25, 0.3) is 0 Å². The first-order valence-electron chi connectivity index (χ1n) is 12.0. The van der Waals surface area contributed by atoms with E-state index >= 15 is 0 Å². The average Bonchev–Trinajstić information content (AvgIpc) is 3.20. The Morgan fingerprint density at radius 1 is 0.971 bits per heavy atom. The molecule has 1 fully saturated rings. The summed E-state index contributed by atoms with van der Waals surface area (Å²) in [5, 5.41) is 16.2. The van der Waals surface area contributed by atoms with E-state index in [4.69, 9.17) is 19.8 Å². The molecule has 35 heavy (non-hydrogen) atoms. The van der Waals surface area contributed by atoms with Crippen LogP contribution in [0.15, 0.2) is 48.5 Å². The highest BCUT2D eigenvalue weighted by molar-refractivity contribution is 6.27. The van der Waals surface area contributed by atoms with Crippen molar-refractivity contribution in [1.29, 1.82) is 0 Å². The third-order valence-corrected chi connectivity index (χ3v) is 6.90. The van der Waals surface area contributed by atoms with E-state index in [1.807, 2.05) is 0 Å². The molecule has 1 saturated heterocycles. The maximum Gasteiger partial charge on any atom is 0.414 e. The summed E-state index contributed by atoms with van der Waals surface area (Å²) in [5.74, 6) is -3.83. The fraction of sp³-hybridized carbons (Fsp3) is 0.370. The van der Waals surface area contributed by atoms with Crippen molar-refractivity contribution in [1.82, 2.24) is 9.88 Å². The molecule has 2 aliphatic heterocycles. The standard InChI is InChI=1S/C25H27FN2O.C2H2O4/c26-18-13-11-17(12-14-18)24(29)10-3-4-15-28-19-6-5-9-23(28)25-20-7-1-2-8-21(20)27-22(25)16-19;3-1(4)2(5)6/h1-2,7-8,11-14,19,23,27H,3-6,9-10,15-16H2;(H,3,4)(H,5,6). The molecule has 2 aliphatic rings. The van der Waals surface area contributed by atoms with Gasteiger partial charge in [0.05, 0.1) is 0 Å². The van der Waals surface area contributed by atoms with Gasteiger partial charge >= 0.3 is 11.9 Å². The molecular weight excluding hydrogens is 451 g/mol. The number of fused-ring (bicyclic) bond motifs is 6. The van der Waals surface area contributed by atoms with Gasteiger partial charge in [-0.1, -0.05) is 18.2 Å². The number of hydrogen-bond donors (Lipinski definition) is 3. The summed E-state index contributed by atoms with van der Waals surface area (Å²) in [7, 11) is 0. The Hall–Kier alpha value is -3.52. The third-order valence-electron chi connectivity index (χ3n) is 6.90. The van der Waals surface area contributed by atoms with Crippen molar-refractivity contribution < 1.29 is 29.0 Å². The number of halogens is 1. The Labute approximate surface area is 202 Å². The predicted molar refractivity (Wildman–Crippen MR) is 129 cm³/mol. The number of H-pyrrole nitrogens is 1. The number of benzene rings is 2. The third kappa shape index (κ3) is 5.59. The van der Waals surface area contributed by atoms with Crippen molar-refractivity contribution in [3.63, 3.8) is 0 Å². The Balaban J connectivity index is 0.000000431. The van der Waals surface area contributed by atoms with Crippen LogP contribution < -0.4 is 0 Å². The first-order chi connectivity index (χ1) is 16.8. The topological polar surface area (TPSA) is 111 Å². The summed E-state index contributed by atoms with van der Waals surface area (Å²) in [5.41, 5.74) is 4.82. The molecule has 8 heteroatoms. The number of hydrogen-bond acceptors (Lipinski definition) is 4. The van der Waals surface area contributed by atoms with E-state index in [9.17, 15) is 9.18 Å². The van der Waals surface area contributed by atoms with E-state index in [-0.39, 0.29) is 11.6 Å². The van der Waals surface area contributed by atoms with Crippen molar-refractivity contribution in [2.75, 3.05) is 6.54 Å². The second-order valence-electron chi connectivity index (χ2n) is 9.10. The maximum atomic E-state index is 13.0. The van der Waals surface area contributed by atoms with E-state index in [0.29, 0.717) is 24.1 Å². The number of carbonyl (C=O) groups is 3. The average molecular weight is 481 g/mol. The number of carbonyl (C=O) groups excluding carboxylic acids is 1. The minimum absolute atomic E-state index is 0.114. The molecule has 3 N–H and O–H groups in total. The van der Waals surface area contributed by atoms with Gasteiger partial charge < -0.3 is 15.2 Å². The summed E-state index contributed by atoms with van der Waals surface area (Å²) in [6, 6.07) is 15.7. The number of Topliss-reactive ketones (excluding diaryl/α,β-unsaturated/α-hetero) is 1. The molecule has 2 unspecified atom stereocenters. The zero-order valence-corrected chi connectivity index (χ0v) is 19.4. The van der Waals surface area contributed by atoms with Crippen LogP contribution >= 0.6 is 0 Å². The summed E-state index contributed by atoms with van der Waals surface area (Å²) >= 11 is 0. The Morgan fingerprint density at radius 3 is 2.40 bits per heavy atom. The van der Waals surface area contributed by atoms with Gasteiger partial charge in [-0.3, -0.25) is 9.69 Å². The normalized spacial score (nSPS) is 18.9. The molecule has 2 atom stereocenters. The fourth-order valence-corrected chi connectivity index (χ4v) is 5.36. The van der Waals surface area contributed by atoms with Crippen LogP contribution in [0.5, 0.6) is 0 Å². The number of carboxylic acid groups (broad SMARTS) is 2. The lowest BCUT2D eigenvalue weighted by molar-refractivity contribution is -0.159. The molecule has 1 aromatic heterocycles. The molecule has 184 valence electrons. The zero-order chi connectivity index (χ0) is 24.9. The highest BCUT2D eigenvalue weighted by Gasteiger charge is 2.38. The molecule has 2 aromatic carbocycles. The summed E-state index contributed by atoms with van der Waals surface area (Å²) in [6.07, 6.45) is 7.33. The molecule has 0 amide bonds. The molecule has 3 aromatic rings. The quantitative estimate of drug-likeness (QED) is 0.261. The molecule has 0 saturated carbocycles. The molecule has 5 rings (SSSR count). The fourth-order valence-electron chi connectivity index (χ4n) is 5.36. The van der Waals surface area contributed by atoms with Gasteiger partial charge in [0, 0.05) is 47.1 Å². The first kappa shape index (κ1) is 24.6. The van der Waals surface area contributed by atoms with Gasteiger partial charge in [-0.2, -0.15) is 0 Å². The highest BCUT2D eigenvalue weighted by Crippen LogP contribution is 2.44. The number of piperidine rings is 1. The van der Waals surface area contributed by atoms with Gasteiger partial charge in [-0.05, 0) is 74.5 Å². The number of aromatic nitrogens is 1. The molecule has 0 spiro atoms.